The van der Waals surface area contributed by atoms with E-state index in [0.29, 0.717) is 12.5 Å². The lowest BCUT2D eigenvalue weighted by molar-refractivity contribution is 0.400. The van der Waals surface area contributed by atoms with E-state index in [9.17, 15) is 10.2 Å². The third-order valence-corrected chi connectivity index (χ3v) is 3.41. The van der Waals surface area contributed by atoms with Crippen LogP contribution in [0.15, 0.2) is 48.5 Å². The summed E-state index contributed by atoms with van der Waals surface area (Å²) in [4.78, 5) is 0. The number of hydrogen-bond acceptors (Lipinski definition) is 3. The molecule has 0 aliphatic rings. The van der Waals surface area contributed by atoms with Crippen LogP contribution in [0.4, 0.5) is 0 Å². The van der Waals surface area contributed by atoms with E-state index in [-0.39, 0.29) is 17.5 Å². The number of benzene rings is 2. The van der Waals surface area contributed by atoms with Crippen LogP contribution in [0.5, 0.6) is 11.5 Å². The maximum absolute atomic E-state index is 9.81. The molecule has 2 rings (SSSR count). The molecule has 0 amide bonds. The third kappa shape index (κ3) is 3.52. The van der Waals surface area contributed by atoms with Crippen LogP contribution in [-0.2, 0) is 6.54 Å². The molecule has 0 radical (unpaired) electrons. The van der Waals surface area contributed by atoms with E-state index in [1.807, 2.05) is 18.2 Å². The molecular weight excluding hydrogens is 250 g/mol. The highest BCUT2D eigenvalue weighted by molar-refractivity contribution is 5.39. The van der Waals surface area contributed by atoms with Crippen molar-refractivity contribution in [3.63, 3.8) is 0 Å². The molecule has 3 heteroatoms. The highest BCUT2D eigenvalue weighted by Crippen LogP contribution is 2.25. The largest absolute Gasteiger partial charge is 0.508 e. The number of phenolic OH excluding ortho intramolecular Hbond substituents is 2. The Morgan fingerprint density at radius 2 is 1.70 bits per heavy atom. The van der Waals surface area contributed by atoms with Crippen molar-refractivity contribution >= 4 is 0 Å². The number of rotatable bonds is 5. The molecule has 0 spiro atoms. The van der Waals surface area contributed by atoms with Gasteiger partial charge in [0.1, 0.15) is 11.5 Å². The van der Waals surface area contributed by atoms with Crippen LogP contribution in [0.2, 0.25) is 0 Å². The first-order valence-electron chi connectivity index (χ1n) is 6.87. The molecule has 106 valence electrons. The van der Waals surface area contributed by atoms with Crippen molar-refractivity contribution in [2.24, 2.45) is 5.92 Å². The normalized spacial score (nSPS) is 12.6. The highest BCUT2D eigenvalue weighted by atomic mass is 16.3. The van der Waals surface area contributed by atoms with Gasteiger partial charge in [-0.05, 0) is 17.5 Å². The Labute approximate surface area is 119 Å². The average Bonchev–Trinajstić information content (AvgIpc) is 2.42. The van der Waals surface area contributed by atoms with Gasteiger partial charge in [0.05, 0.1) is 0 Å². The summed E-state index contributed by atoms with van der Waals surface area (Å²) in [6, 6.07) is 15.2. The van der Waals surface area contributed by atoms with Gasteiger partial charge >= 0.3 is 0 Å². The van der Waals surface area contributed by atoms with Crippen molar-refractivity contribution in [3.8, 4) is 11.5 Å². The van der Waals surface area contributed by atoms with E-state index in [1.165, 1.54) is 11.6 Å². The zero-order valence-electron chi connectivity index (χ0n) is 11.9. The molecule has 0 bridgehead atoms. The van der Waals surface area contributed by atoms with Gasteiger partial charge in [0.25, 0.3) is 0 Å². The van der Waals surface area contributed by atoms with Crippen molar-refractivity contribution in [2.75, 3.05) is 0 Å². The Hall–Kier alpha value is -2.00. The zero-order valence-corrected chi connectivity index (χ0v) is 11.9. The molecular formula is C17H21NO2. The van der Waals surface area contributed by atoms with Gasteiger partial charge in [-0.15, -0.1) is 0 Å². The SMILES string of the molecule is CC(C)C(NCc1ccc(O)cc1O)c1ccccc1. The Morgan fingerprint density at radius 3 is 2.30 bits per heavy atom. The van der Waals surface area contributed by atoms with Gasteiger partial charge in [-0.2, -0.15) is 0 Å². The number of phenols is 2. The lowest BCUT2D eigenvalue weighted by atomic mass is 9.96. The Morgan fingerprint density at radius 1 is 1.00 bits per heavy atom. The smallest absolute Gasteiger partial charge is 0.123 e. The number of aromatic hydroxyl groups is 2. The fraction of sp³-hybridized carbons (Fsp3) is 0.294. The van der Waals surface area contributed by atoms with E-state index < -0.39 is 0 Å². The molecule has 0 fully saturated rings. The van der Waals surface area contributed by atoms with Crippen molar-refractivity contribution in [1.29, 1.82) is 0 Å². The predicted molar refractivity (Wildman–Crippen MR) is 80.6 cm³/mol. The Bertz CT molecular complexity index is 552. The second-order valence-corrected chi connectivity index (χ2v) is 5.33. The fourth-order valence-corrected chi connectivity index (χ4v) is 2.32. The predicted octanol–water partition coefficient (Wildman–Crippen LogP) is 3.58. The maximum atomic E-state index is 9.81. The molecule has 2 aromatic rings. The first kappa shape index (κ1) is 14.4. The third-order valence-electron chi connectivity index (χ3n) is 3.41. The van der Waals surface area contributed by atoms with Crippen LogP contribution in [0, 0.1) is 5.92 Å². The standard InChI is InChI=1S/C17H21NO2/c1-12(2)17(13-6-4-3-5-7-13)18-11-14-8-9-15(19)10-16(14)20/h3-10,12,17-20H,11H2,1-2H3. The summed E-state index contributed by atoms with van der Waals surface area (Å²) in [5.74, 6) is 0.638. The van der Waals surface area contributed by atoms with Gasteiger partial charge in [0.15, 0.2) is 0 Å². The van der Waals surface area contributed by atoms with Crippen LogP contribution < -0.4 is 5.32 Å². The minimum Gasteiger partial charge on any atom is -0.508 e. The van der Waals surface area contributed by atoms with Gasteiger partial charge in [-0.3, -0.25) is 0 Å². The molecule has 20 heavy (non-hydrogen) atoms. The van der Waals surface area contributed by atoms with Crippen molar-refractivity contribution < 1.29 is 10.2 Å². The minimum absolute atomic E-state index is 0.0784. The molecule has 0 saturated carbocycles. The van der Waals surface area contributed by atoms with E-state index in [1.54, 1.807) is 12.1 Å². The summed E-state index contributed by atoms with van der Waals surface area (Å²) in [6.45, 7) is 4.90. The molecule has 0 saturated heterocycles. The first-order chi connectivity index (χ1) is 9.58. The van der Waals surface area contributed by atoms with Crippen molar-refractivity contribution in [2.45, 2.75) is 26.4 Å². The fourth-order valence-electron chi connectivity index (χ4n) is 2.32. The lowest BCUT2D eigenvalue weighted by Crippen LogP contribution is -2.25. The van der Waals surface area contributed by atoms with Gasteiger partial charge in [-0.25, -0.2) is 0 Å². The van der Waals surface area contributed by atoms with Crippen LogP contribution in [0.25, 0.3) is 0 Å². The molecule has 0 aliphatic carbocycles. The highest BCUT2D eigenvalue weighted by Gasteiger charge is 2.15. The van der Waals surface area contributed by atoms with Crippen molar-refractivity contribution in [1.82, 2.24) is 5.32 Å². The van der Waals surface area contributed by atoms with Crippen LogP contribution >= 0.6 is 0 Å². The minimum atomic E-state index is 0.0784. The summed E-state index contributed by atoms with van der Waals surface area (Å²) in [7, 11) is 0. The quantitative estimate of drug-likeness (QED) is 0.779. The summed E-state index contributed by atoms with van der Waals surface area (Å²) in [6.07, 6.45) is 0. The van der Waals surface area contributed by atoms with Crippen LogP contribution in [0.3, 0.4) is 0 Å². The van der Waals surface area contributed by atoms with Crippen LogP contribution in [-0.4, -0.2) is 10.2 Å². The monoisotopic (exact) mass is 271 g/mol. The summed E-state index contributed by atoms with van der Waals surface area (Å²) < 4.78 is 0. The number of nitrogens with one attached hydrogen (secondary N) is 1. The molecule has 1 unspecified atom stereocenters. The second kappa shape index (κ2) is 6.44. The van der Waals surface area contributed by atoms with E-state index in [2.05, 4.69) is 31.3 Å². The molecule has 1 atom stereocenters. The van der Waals surface area contributed by atoms with Gasteiger partial charge in [-0.1, -0.05) is 50.2 Å². The average molecular weight is 271 g/mol. The van der Waals surface area contributed by atoms with E-state index in [0.717, 1.165) is 5.56 Å². The second-order valence-electron chi connectivity index (χ2n) is 5.33. The lowest BCUT2D eigenvalue weighted by Gasteiger charge is -2.23. The van der Waals surface area contributed by atoms with Gasteiger partial charge in [0.2, 0.25) is 0 Å². The van der Waals surface area contributed by atoms with Crippen molar-refractivity contribution in [3.05, 3.63) is 59.7 Å². The number of hydrogen-bond donors (Lipinski definition) is 3. The summed E-state index contributed by atoms with van der Waals surface area (Å²) in [5.41, 5.74) is 2.02. The topological polar surface area (TPSA) is 52.5 Å². The molecule has 3 nitrogen and oxygen atoms in total. The Balaban J connectivity index is 2.10. The molecule has 0 aliphatic heterocycles. The molecule has 3 N–H and O–H groups in total. The summed E-state index contributed by atoms with van der Waals surface area (Å²) >= 11 is 0. The molecule has 0 heterocycles. The molecule has 2 aromatic carbocycles. The maximum Gasteiger partial charge on any atom is 0.123 e. The first-order valence-corrected chi connectivity index (χ1v) is 6.87. The van der Waals surface area contributed by atoms with Gasteiger partial charge in [0, 0.05) is 24.2 Å². The van der Waals surface area contributed by atoms with Crippen LogP contribution in [0.1, 0.15) is 31.0 Å². The Kier molecular flexibility index (Phi) is 4.64. The summed E-state index contributed by atoms with van der Waals surface area (Å²) in [5, 5.41) is 22.6. The zero-order chi connectivity index (χ0) is 14.5. The molecule has 0 aromatic heterocycles. The van der Waals surface area contributed by atoms with E-state index in [4.69, 9.17) is 0 Å². The van der Waals surface area contributed by atoms with E-state index >= 15 is 0 Å². The van der Waals surface area contributed by atoms with Gasteiger partial charge < -0.3 is 15.5 Å².